The van der Waals surface area contributed by atoms with Gasteiger partial charge in [0.2, 0.25) is 0 Å². The largest absolute Gasteiger partial charge is 0.489 e. The van der Waals surface area contributed by atoms with Gasteiger partial charge in [0.15, 0.2) is 12.9 Å². The average molecular weight is 314 g/mol. The van der Waals surface area contributed by atoms with E-state index in [-0.39, 0.29) is 13.2 Å². The van der Waals surface area contributed by atoms with E-state index in [1.165, 1.54) is 0 Å². The second-order valence-corrected chi connectivity index (χ2v) is 4.69. The summed E-state index contributed by atoms with van der Waals surface area (Å²) in [7, 11) is 0. The molecular formula is C18H18O5. The van der Waals surface area contributed by atoms with Crippen molar-refractivity contribution in [3.63, 3.8) is 0 Å². The molecule has 2 aromatic carbocycles. The highest BCUT2D eigenvalue weighted by molar-refractivity contribution is 5.80. The highest BCUT2D eigenvalue weighted by Gasteiger charge is 2.09. The summed E-state index contributed by atoms with van der Waals surface area (Å²) in [6.45, 7) is 2.17. The van der Waals surface area contributed by atoms with Crippen LogP contribution in [0.25, 0.3) is 0 Å². The van der Waals surface area contributed by atoms with Gasteiger partial charge in [-0.3, -0.25) is 4.79 Å². The van der Waals surface area contributed by atoms with Gasteiger partial charge in [-0.1, -0.05) is 30.3 Å². The third-order valence-corrected chi connectivity index (χ3v) is 3.01. The quantitative estimate of drug-likeness (QED) is 0.553. The summed E-state index contributed by atoms with van der Waals surface area (Å²) in [5, 5.41) is 0. The predicted molar refractivity (Wildman–Crippen MR) is 84.7 cm³/mol. The van der Waals surface area contributed by atoms with Crippen molar-refractivity contribution in [3.8, 4) is 11.5 Å². The Bertz CT molecular complexity index is 652. The first-order valence-electron chi connectivity index (χ1n) is 7.27. The number of hydrogen-bond acceptors (Lipinski definition) is 5. The Hall–Kier alpha value is -2.82. The smallest absolute Gasteiger partial charge is 0.344 e. The summed E-state index contributed by atoms with van der Waals surface area (Å²) in [6.07, 6.45) is 0.663. The van der Waals surface area contributed by atoms with Crippen molar-refractivity contribution in [1.29, 1.82) is 0 Å². The molecule has 2 rings (SSSR count). The molecule has 0 aliphatic carbocycles. The zero-order valence-electron chi connectivity index (χ0n) is 12.9. The normalized spacial score (nSPS) is 9.96. The zero-order valence-corrected chi connectivity index (χ0v) is 12.9. The molecule has 23 heavy (non-hydrogen) atoms. The summed E-state index contributed by atoms with van der Waals surface area (Å²) < 4.78 is 15.7. The van der Waals surface area contributed by atoms with Gasteiger partial charge in [0, 0.05) is 0 Å². The number of ether oxygens (including phenoxy) is 3. The molecule has 0 heterocycles. The maximum Gasteiger partial charge on any atom is 0.344 e. The Balaban J connectivity index is 1.98. The van der Waals surface area contributed by atoms with Crippen LogP contribution in [0.5, 0.6) is 11.5 Å². The van der Waals surface area contributed by atoms with Crippen molar-refractivity contribution in [2.24, 2.45) is 0 Å². The van der Waals surface area contributed by atoms with Crippen LogP contribution in [0.1, 0.15) is 22.8 Å². The molecule has 0 spiro atoms. The summed E-state index contributed by atoms with van der Waals surface area (Å²) >= 11 is 0. The van der Waals surface area contributed by atoms with Crippen molar-refractivity contribution in [2.75, 3.05) is 13.2 Å². The van der Waals surface area contributed by atoms with Crippen LogP contribution in [-0.2, 0) is 16.1 Å². The first-order chi connectivity index (χ1) is 11.2. The Morgan fingerprint density at radius 3 is 2.57 bits per heavy atom. The second-order valence-electron chi connectivity index (χ2n) is 4.69. The van der Waals surface area contributed by atoms with E-state index in [1.54, 1.807) is 25.1 Å². The molecule has 0 saturated carbocycles. The van der Waals surface area contributed by atoms with Crippen molar-refractivity contribution in [3.05, 3.63) is 59.7 Å². The molecule has 0 atom stereocenters. The fraction of sp³-hybridized carbons (Fsp3) is 0.222. The second kappa shape index (κ2) is 8.58. The molecule has 0 aromatic heterocycles. The van der Waals surface area contributed by atoms with Crippen LogP contribution in [0, 0.1) is 0 Å². The summed E-state index contributed by atoms with van der Waals surface area (Å²) in [5.74, 6) is 0.397. The number of esters is 1. The lowest BCUT2D eigenvalue weighted by molar-refractivity contribution is -0.145. The maximum atomic E-state index is 11.3. The Morgan fingerprint density at radius 1 is 1.09 bits per heavy atom. The van der Waals surface area contributed by atoms with Crippen molar-refractivity contribution in [1.82, 2.24) is 0 Å². The van der Waals surface area contributed by atoms with E-state index in [1.807, 2.05) is 30.3 Å². The molecule has 0 N–H and O–H groups in total. The lowest BCUT2D eigenvalue weighted by Crippen LogP contribution is -2.15. The highest BCUT2D eigenvalue weighted by Crippen LogP contribution is 2.23. The van der Waals surface area contributed by atoms with E-state index in [9.17, 15) is 9.59 Å². The Labute approximate surface area is 134 Å². The number of carbonyl (C=O) groups is 2. The van der Waals surface area contributed by atoms with Gasteiger partial charge in [0.25, 0.3) is 0 Å². The minimum Gasteiger partial charge on any atom is -0.489 e. The third-order valence-electron chi connectivity index (χ3n) is 3.01. The number of rotatable bonds is 8. The summed E-state index contributed by atoms with van der Waals surface area (Å²) in [5.41, 5.74) is 1.35. The highest BCUT2D eigenvalue weighted by atomic mass is 16.6. The summed E-state index contributed by atoms with van der Waals surface area (Å²) in [4.78, 5) is 22.5. The number of aldehydes is 1. The van der Waals surface area contributed by atoms with Crippen LogP contribution < -0.4 is 9.47 Å². The molecule has 0 saturated heterocycles. The van der Waals surface area contributed by atoms with Gasteiger partial charge in [0.1, 0.15) is 18.1 Å². The topological polar surface area (TPSA) is 61.8 Å². The molecule has 2 aromatic rings. The SMILES string of the molecule is CCOC(=O)COc1ccc(OCc2ccccc2)cc1C=O. The van der Waals surface area contributed by atoms with Gasteiger partial charge in [-0.05, 0) is 30.7 Å². The van der Waals surface area contributed by atoms with Crippen LogP contribution in [0.3, 0.4) is 0 Å². The first kappa shape index (κ1) is 16.5. The zero-order chi connectivity index (χ0) is 16.5. The van der Waals surface area contributed by atoms with E-state index in [0.29, 0.717) is 30.0 Å². The van der Waals surface area contributed by atoms with Crippen LogP contribution in [0.2, 0.25) is 0 Å². The van der Waals surface area contributed by atoms with E-state index in [4.69, 9.17) is 14.2 Å². The van der Waals surface area contributed by atoms with Gasteiger partial charge in [-0.15, -0.1) is 0 Å². The molecule has 0 bridgehead atoms. The van der Waals surface area contributed by atoms with Crippen molar-refractivity contribution >= 4 is 12.3 Å². The lowest BCUT2D eigenvalue weighted by Gasteiger charge is -2.11. The minimum atomic E-state index is -0.478. The van der Waals surface area contributed by atoms with Crippen LogP contribution in [0.4, 0.5) is 0 Å². The fourth-order valence-corrected chi connectivity index (χ4v) is 1.92. The Kier molecular flexibility index (Phi) is 6.17. The van der Waals surface area contributed by atoms with Gasteiger partial charge in [-0.2, -0.15) is 0 Å². The van der Waals surface area contributed by atoms with E-state index in [0.717, 1.165) is 5.56 Å². The molecule has 5 heteroatoms. The molecule has 0 unspecified atom stereocenters. The standard InChI is InChI=1S/C18H18O5/c1-2-21-18(20)13-23-17-9-8-16(10-15(17)11-19)22-12-14-6-4-3-5-7-14/h3-11H,2,12-13H2,1H3. The van der Waals surface area contributed by atoms with Gasteiger partial charge in [0.05, 0.1) is 12.2 Å². The minimum absolute atomic E-state index is 0.237. The van der Waals surface area contributed by atoms with Gasteiger partial charge < -0.3 is 14.2 Å². The average Bonchev–Trinajstić information content (AvgIpc) is 2.59. The molecule has 120 valence electrons. The fourth-order valence-electron chi connectivity index (χ4n) is 1.92. The molecular weight excluding hydrogens is 296 g/mol. The molecule has 0 aliphatic rings. The van der Waals surface area contributed by atoms with E-state index >= 15 is 0 Å². The summed E-state index contributed by atoms with van der Waals surface area (Å²) in [6, 6.07) is 14.6. The van der Waals surface area contributed by atoms with E-state index < -0.39 is 5.97 Å². The van der Waals surface area contributed by atoms with Gasteiger partial charge in [-0.25, -0.2) is 4.79 Å². The van der Waals surface area contributed by atoms with Crippen LogP contribution in [0.15, 0.2) is 48.5 Å². The molecule has 5 nitrogen and oxygen atoms in total. The number of carbonyl (C=O) groups excluding carboxylic acids is 2. The Morgan fingerprint density at radius 2 is 1.87 bits per heavy atom. The number of hydrogen-bond donors (Lipinski definition) is 0. The third kappa shape index (κ3) is 5.14. The molecule has 0 radical (unpaired) electrons. The monoisotopic (exact) mass is 314 g/mol. The molecule has 0 amide bonds. The van der Waals surface area contributed by atoms with E-state index in [2.05, 4.69) is 0 Å². The first-order valence-corrected chi connectivity index (χ1v) is 7.27. The van der Waals surface area contributed by atoms with Gasteiger partial charge >= 0.3 is 5.97 Å². The maximum absolute atomic E-state index is 11.3. The van der Waals surface area contributed by atoms with Crippen molar-refractivity contribution < 1.29 is 23.8 Å². The predicted octanol–water partition coefficient (Wildman–Crippen LogP) is 3.02. The van der Waals surface area contributed by atoms with Crippen molar-refractivity contribution in [2.45, 2.75) is 13.5 Å². The lowest BCUT2D eigenvalue weighted by atomic mass is 10.2. The molecule has 0 fully saturated rings. The number of benzene rings is 2. The van der Waals surface area contributed by atoms with Crippen LogP contribution >= 0.6 is 0 Å². The molecule has 0 aliphatic heterocycles. The van der Waals surface area contributed by atoms with Crippen LogP contribution in [-0.4, -0.2) is 25.5 Å².